The number of carbonyl (C=O) groups is 1. The summed E-state index contributed by atoms with van der Waals surface area (Å²) in [6.45, 7) is -0.413. The average molecular weight is 264 g/mol. The van der Waals surface area contributed by atoms with Gasteiger partial charge in [-0.2, -0.15) is 8.42 Å². The molecule has 1 amide bonds. The number of nitrogens with two attached hydrogens (primary N) is 1. The third-order valence-corrected chi connectivity index (χ3v) is 2.87. The van der Waals surface area contributed by atoms with Gasteiger partial charge < -0.3 is 5.73 Å². The molecule has 1 aromatic rings. The van der Waals surface area contributed by atoms with Crippen molar-refractivity contribution in [3.63, 3.8) is 0 Å². The highest BCUT2D eigenvalue weighted by molar-refractivity contribution is 7.91. The Morgan fingerprint density at radius 1 is 1.38 bits per heavy atom. The molecule has 0 saturated heterocycles. The SMILES string of the molecule is NCC(=O)NS(=O)(=O)Nc1ccccc1Cl. The van der Waals surface area contributed by atoms with Crippen molar-refractivity contribution in [3.05, 3.63) is 29.3 Å². The second-order valence-corrected chi connectivity index (χ2v) is 4.64. The molecule has 0 aliphatic heterocycles. The largest absolute Gasteiger partial charge is 0.323 e. The van der Waals surface area contributed by atoms with Gasteiger partial charge in [-0.1, -0.05) is 23.7 Å². The first-order chi connectivity index (χ1) is 7.44. The Hall–Kier alpha value is -1.31. The monoisotopic (exact) mass is 263 g/mol. The fourth-order valence-corrected chi connectivity index (χ4v) is 2.05. The molecule has 0 spiro atoms. The minimum atomic E-state index is -3.98. The van der Waals surface area contributed by atoms with Crippen LogP contribution in [0.25, 0.3) is 0 Å². The van der Waals surface area contributed by atoms with Gasteiger partial charge in [0.05, 0.1) is 17.3 Å². The molecule has 0 aliphatic rings. The van der Waals surface area contributed by atoms with Crippen LogP contribution in [0.15, 0.2) is 24.3 Å². The second kappa shape index (κ2) is 5.15. The van der Waals surface area contributed by atoms with Crippen LogP contribution in [0.1, 0.15) is 0 Å². The molecule has 4 N–H and O–H groups in total. The fraction of sp³-hybridized carbons (Fsp3) is 0.125. The molecule has 0 radical (unpaired) electrons. The van der Waals surface area contributed by atoms with Crippen molar-refractivity contribution in [2.75, 3.05) is 11.3 Å². The van der Waals surface area contributed by atoms with E-state index in [1.165, 1.54) is 12.1 Å². The lowest BCUT2D eigenvalue weighted by Gasteiger charge is -2.09. The zero-order valence-electron chi connectivity index (χ0n) is 8.10. The van der Waals surface area contributed by atoms with E-state index in [1.807, 2.05) is 0 Å². The van der Waals surface area contributed by atoms with Crippen LogP contribution in [0.5, 0.6) is 0 Å². The molecular weight excluding hydrogens is 254 g/mol. The van der Waals surface area contributed by atoms with E-state index in [1.54, 1.807) is 16.9 Å². The van der Waals surface area contributed by atoms with E-state index in [2.05, 4.69) is 4.72 Å². The molecule has 16 heavy (non-hydrogen) atoms. The van der Waals surface area contributed by atoms with Crippen molar-refractivity contribution in [3.8, 4) is 0 Å². The lowest BCUT2D eigenvalue weighted by molar-refractivity contribution is -0.117. The molecule has 0 bridgehead atoms. The van der Waals surface area contributed by atoms with Crippen LogP contribution in [-0.2, 0) is 15.0 Å². The van der Waals surface area contributed by atoms with E-state index in [4.69, 9.17) is 17.3 Å². The molecule has 88 valence electrons. The number of carbonyl (C=O) groups excluding carboxylic acids is 1. The van der Waals surface area contributed by atoms with Gasteiger partial charge in [0.15, 0.2) is 0 Å². The van der Waals surface area contributed by atoms with E-state index in [-0.39, 0.29) is 10.7 Å². The smallest absolute Gasteiger partial charge is 0.322 e. The Labute approximate surface area is 98.0 Å². The minimum absolute atomic E-state index is 0.182. The summed E-state index contributed by atoms with van der Waals surface area (Å²) < 4.78 is 26.6. The van der Waals surface area contributed by atoms with Gasteiger partial charge in [0.25, 0.3) is 0 Å². The molecule has 0 aliphatic carbocycles. The topological polar surface area (TPSA) is 101 Å². The Bertz CT molecular complexity index is 489. The van der Waals surface area contributed by atoms with Crippen molar-refractivity contribution in [2.24, 2.45) is 5.73 Å². The van der Waals surface area contributed by atoms with Gasteiger partial charge >= 0.3 is 10.2 Å². The highest BCUT2D eigenvalue weighted by atomic mass is 35.5. The van der Waals surface area contributed by atoms with Crippen molar-refractivity contribution in [1.82, 2.24) is 4.72 Å². The lowest BCUT2D eigenvalue weighted by Crippen LogP contribution is -2.39. The van der Waals surface area contributed by atoms with Gasteiger partial charge in [-0.3, -0.25) is 9.52 Å². The van der Waals surface area contributed by atoms with E-state index in [0.717, 1.165) is 0 Å². The van der Waals surface area contributed by atoms with Gasteiger partial charge in [-0.05, 0) is 12.1 Å². The summed E-state index contributed by atoms with van der Waals surface area (Å²) in [6.07, 6.45) is 0. The number of hydrogen-bond donors (Lipinski definition) is 3. The van der Waals surface area contributed by atoms with Crippen LogP contribution < -0.4 is 15.2 Å². The molecule has 0 atom stereocenters. The molecule has 0 heterocycles. The first-order valence-corrected chi connectivity index (χ1v) is 6.08. The van der Waals surface area contributed by atoms with Crippen LogP contribution in [0.2, 0.25) is 5.02 Å². The number of nitrogens with one attached hydrogen (secondary N) is 2. The normalized spacial score (nSPS) is 10.9. The zero-order valence-corrected chi connectivity index (χ0v) is 9.68. The first kappa shape index (κ1) is 12.8. The number of para-hydroxylation sites is 1. The van der Waals surface area contributed by atoms with E-state index < -0.39 is 22.7 Å². The molecule has 0 aromatic heterocycles. The summed E-state index contributed by atoms with van der Waals surface area (Å²) >= 11 is 5.74. The third-order valence-electron chi connectivity index (χ3n) is 1.55. The van der Waals surface area contributed by atoms with Gasteiger partial charge in [-0.25, -0.2) is 4.72 Å². The second-order valence-electron chi connectivity index (χ2n) is 2.81. The van der Waals surface area contributed by atoms with Crippen molar-refractivity contribution in [2.45, 2.75) is 0 Å². The predicted octanol–water partition coefficient (Wildman–Crippen LogP) is 0.0716. The summed E-state index contributed by atoms with van der Waals surface area (Å²) in [7, 11) is -3.98. The van der Waals surface area contributed by atoms with Gasteiger partial charge in [0, 0.05) is 0 Å². The molecule has 6 nitrogen and oxygen atoms in total. The summed E-state index contributed by atoms with van der Waals surface area (Å²) in [5, 5.41) is 0.230. The molecule has 1 aromatic carbocycles. The van der Waals surface area contributed by atoms with E-state index in [9.17, 15) is 13.2 Å². The van der Waals surface area contributed by atoms with Crippen molar-refractivity contribution >= 4 is 33.4 Å². The lowest BCUT2D eigenvalue weighted by atomic mass is 10.3. The maximum absolute atomic E-state index is 11.4. The van der Waals surface area contributed by atoms with E-state index >= 15 is 0 Å². The van der Waals surface area contributed by atoms with Crippen LogP contribution in [0.4, 0.5) is 5.69 Å². The molecule has 8 heteroatoms. The summed E-state index contributed by atoms with van der Waals surface area (Å²) in [4.78, 5) is 10.8. The molecule has 0 fully saturated rings. The minimum Gasteiger partial charge on any atom is -0.322 e. The van der Waals surface area contributed by atoms with Crippen LogP contribution in [0, 0.1) is 0 Å². The number of rotatable bonds is 4. The average Bonchev–Trinajstić information content (AvgIpc) is 2.20. The van der Waals surface area contributed by atoms with Gasteiger partial charge in [0.2, 0.25) is 5.91 Å². The van der Waals surface area contributed by atoms with E-state index in [0.29, 0.717) is 0 Å². The van der Waals surface area contributed by atoms with Crippen LogP contribution in [-0.4, -0.2) is 20.9 Å². The summed E-state index contributed by atoms with van der Waals surface area (Å²) in [6, 6.07) is 6.24. The zero-order chi connectivity index (χ0) is 12.2. The molecular formula is C8H10ClN3O3S. The maximum Gasteiger partial charge on any atom is 0.323 e. The Kier molecular flexibility index (Phi) is 4.11. The maximum atomic E-state index is 11.4. The molecule has 0 saturated carbocycles. The number of benzene rings is 1. The number of hydrogen-bond acceptors (Lipinski definition) is 4. The van der Waals surface area contributed by atoms with Gasteiger partial charge in [-0.15, -0.1) is 0 Å². The standard InChI is InChI=1S/C8H10ClN3O3S/c9-6-3-1-2-4-7(6)11-16(14,15)12-8(13)5-10/h1-4,11H,5,10H2,(H,12,13). The summed E-state index contributed by atoms with van der Waals surface area (Å²) in [5.74, 6) is -0.806. The van der Waals surface area contributed by atoms with Gasteiger partial charge in [0.1, 0.15) is 0 Å². The number of halogens is 1. The Balaban J connectivity index is 2.81. The fourth-order valence-electron chi connectivity index (χ4n) is 0.906. The third kappa shape index (κ3) is 3.69. The number of anilines is 1. The first-order valence-electron chi connectivity index (χ1n) is 4.22. The predicted molar refractivity (Wildman–Crippen MR) is 61.2 cm³/mol. The van der Waals surface area contributed by atoms with Crippen molar-refractivity contribution < 1.29 is 13.2 Å². The quantitative estimate of drug-likeness (QED) is 0.716. The Morgan fingerprint density at radius 3 is 2.56 bits per heavy atom. The molecule has 0 unspecified atom stereocenters. The number of amides is 1. The molecule has 1 rings (SSSR count). The Morgan fingerprint density at radius 2 is 2.00 bits per heavy atom. The highest BCUT2D eigenvalue weighted by Crippen LogP contribution is 2.20. The highest BCUT2D eigenvalue weighted by Gasteiger charge is 2.14. The van der Waals surface area contributed by atoms with Crippen LogP contribution >= 0.6 is 11.6 Å². The van der Waals surface area contributed by atoms with Crippen LogP contribution in [0.3, 0.4) is 0 Å². The summed E-state index contributed by atoms with van der Waals surface area (Å²) in [5.41, 5.74) is 5.15. The van der Waals surface area contributed by atoms with Crippen molar-refractivity contribution in [1.29, 1.82) is 0 Å².